The van der Waals surface area contributed by atoms with Crippen molar-refractivity contribution >= 4 is 17.2 Å². The van der Waals surface area contributed by atoms with E-state index in [0.717, 1.165) is 16.2 Å². The molecule has 0 radical (unpaired) electrons. The number of hydrogen-bond donors (Lipinski definition) is 1. The van der Waals surface area contributed by atoms with E-state index >= 15 is 0 Å². The molecule has 0 saturated carbocycles. The van der Waals surface area contributed by atoms with Gasteiger partial charge in [-0.05, 0) is 38.3 Å². The molecule has 2 rings (SSSR count). The van der Waals surface area contributed by atoms with Crippen LogP contribution < -0.4 is 10.1 Å². The second-order valence-corrected chi connectivity index (χ2v) is 6.28. The molecule has 0 bridgehead atoms. The zero-order valence-corrected chi connectivity index (χ0v) is 13.4. The van der Waals surface area contributed by atoms with Crippen LogP contribution in [-0.4, -0.2) is 12.0 Å². The summed E-state index contributed by atoms with van der Waals surface area (Å²) in [6.45, 7) is 5.97. The monoisotopic (exact) mass is 303 g/mol. The molecule has 1 aromatic heterocycles. The van der Waals surface area contributed by atoms with Crippen LogP contribution in [0.3, 0.4) is 0 Å². The third kappa shape index (κ3) is 4.60. The Morgan fingerprint density at radius 3 is 2.62 bits per heavy atom. The molecule has 1 heterocycles. The van der Waals surface area contributed by atoms with E-state index in [1.54, 1.807) is 11.3 Å². The number of hydrogen-bond acceptors (Lipinski definition) is 3. The number of para-hydroxylation sites is 1. The fraction of sp³-hybridized carbons (Fsp3) is 0.353. The van der Waals surface area contributed by atoms with Crippen molar-refractivity contribution in [2.75, 3.05) is 0 Å². The third-order valence-electron chi connectivity index (χ3n) is 3.04. The zero-order chi connectivity index (χ0) is 15.2. The SMILES string of the molecule is CC(C)Oc1ccccc1[C@H](C)NC(=O)Cc1cccs1. The molecular formula is C17H21NO2S. The molecule has 1 aromatic carbocycles. The van der Waals surface area contributed by atoms with Crippen LogP contribution in [0.15, 0.2) is 41.8 Å². The molecule has 4 heteroatoms. The number of carbonyl (C=O) groups is 1. The van der Waals surface area contributed by atoms with Gasteiger partial charge in [-0.2, -0.15) is 0 Å². The number of thiophene rings is 1. The standard InChI is InChI=1S/C17H21NO2S/c1-12(2)20-16-9-5-4-8-15(16)13(3)18-17(19)11-14-7-6-10-21-14/h4-10,12-13H,11H2,1-3H3,(H,18,19)/t13-/m0/s1. The summed E-state index contributed by atoms with van der Waals surface area (Å²) in [6, 6.07) is 11.7. The summed E-state index contributed by atoms with van der Waals surface area (Å²) in [4.78, 5) is 13.2. The molecule has 1 amide bonds. The van der Waals surface area contributed by atoms with Gasteiger partial charge in [-0.3, -0.25) is 4.79 Å². The Kier molecular flexibility index (Phi) is 5.39. The van der Waals surface area contributed by atoms with Crippen molar-refractivity contribution in [1.29, 1.82) is 0 Å². The molecule has 0 fully saturated rings. The Hall–Kier alpha value is -1.81. The van der Waals surface area contributed by atoms with E-state index in [1.165, 1.54) is 0 Å². The minimum Gasteiger partial charge on any atom is -0.491 e. The van der Waals surface area contributed by atoms with Gasteiger partial charge in [-0.15, -0.1) is 11.3 Å². The molecule has 0 aliphatic rings. The summed E-state index contributed by atoms with van der Waals surface area (Å²) < 4.78 is 5.80. The maximum absolute atomic E-state index is 12.1. The van der Waals surface area contributed by atoms with Gasteiger partial charge in [0.15, 0.2) is 0 Å². The lowest BCUT2D eigenvalue weighted by molar-refractivity contribution is -0.121. The molecule has 2 aromatic rings. The first-order valence-electron chi connectivity index (χ1n) is 7.13. The molecule has 3 nitrogen and oxygen atoms in total. The van der Waals surface area contributed by atoms with Crippen LogP contribution in [0.5, 0.6) is 5.75 Å². The molecule has 0 spiro atoms. The molecule has 0 saturated heterocycles. The summed E-state index contributed by atoms with van der Waals surface area (Å²) in [7, 11) is 0. The minimum atomic E-state index is -0.0765. The van der Waals surface area contributed by atoms with Crippen molar-refractivity contribution < 1.29 is 9.53 Å². The van der Waals surface area contributed by atoms with E-state index < -0.39 is 0 Å². The summed E-state index contributed by atoms with van der Waals surface area (Å²) in [5.41, 5.74) is 1.01. The number of rotatable bonds is 6. The lowest BCUT2D eigenvalue weighted by Crippen LogP contribution is -2.28. The van der Waals surface area contributed by atoms with Crippen molar-refractivity contribution in [3.8, 4) is 5.75 Å². The van der Waals surface area contributed by atoms with Gasteiger partial charge < -0.3 is 10.1 Å². The highest BCUT2D eigenvalue weighted by Crippen LogP contribution is 2.25. The predicted molar refractivity (Wildman–Crippen MR) is 86.8 cm³/mol. The average Bonchev–Trinajstić information content (AvgIpc) is 2.91. The van der Waals surface area contributed by atoms with E-state index in [1.807, 2.05) is 62.5 Å². The number of amides is 1. The van der Waals surface area contributed by atoms with E-state index in [-0.39, 0.29) is 18.1 Å². The molecule has 0 unspecified atom stereocenters. The minimum absolute atomic E-state index is 0.0318. The molecule has 1 atom stereocenters. The first-order chi connectivity index (χ1) is 10.1. The van der Waals surface area contributed by atoms with E-state index in [9.17, 15) is 4.79 Å². The lowest BCUT2D eigenvalue weighted by atomic mass is 10.1. The fourth-order valence-electron chi connectivity index (χ4n) is 2.14. The smallest absolute Gasteiger partial charge is 0.225 e. The van der Waals surface area contributed by atoms with Gasteiger partial charge in [-0.25, -0.2) is 0 Å². The van der Waals surface area contributed by atoms with E-state index in [0.29, 0.717) is 6.42 Å². The van der Waals surface area contributed by atoms with Crippen molar-refractivity contribution in [3.63, 3.8) is 0 Å². The van der Waals surface area contributed by atoms with E-state index in [2.05, 4.69) is 5.32 Å². The van der Waals surface area contributed by atoms with Crippen LogP contribution in [0.1, 0.15) is 37.3 Å². The van der Waals surface area contributed by atoms with Gasteiger partial charge >= 0.3 is 0 Å². The largest absolute Gasteiger partial charge is 0.491 e. The van der Waals surface area contributed by atoms with E-state index in [4.69, 9.17) is 4.74 Å². The van der Waals surface area contributed by atoms with Gasteiger partial charge in [0, 0.05) is 10.4 Å². The number of carbonyl (C=O) groups excluding carboxylic acids is 1. The molecule has 0 aliphatic heterocycles. The quantitative estimate of drug-likeness (QED) is 0.877. The maximum atomic E-state index is 12.1. The molecular weight excluding hydrogens is 282 g/mol. The molecule has 21 heavy (non-hydrogen) atoms. The van der Waals surface area contributed by atoms with Gasteiger partial charge in [0.05, 0.1) is 18.6 Å². The van der Waals surface area contributed by atoms with Gasteiger partial charge in [-0.1, -0.05) is 24.3 Å². The maximum Gasteiger partial charge on any atom is 0.225 e. The lowest BCUT2D eigenvalue weighted by Gasteiger charge is -2.19. The third-order valence-corrected chi connectivity index (χ3v) is 3.92. The Bertz CT molecular complexity index is 578. The van der Waals surface area contributed by atoms with Crippen molar-refractivity contribution in [1.82, 2.24) is 5.32 Å². The molecule has 1 N–H and O–H groups in total. The van der Waals surface area contributed by atoms with Gasteiger partial charge in [0.2, 0.25) is 5.91 Å². The van der Waals surface area contributed by atoms with Crippen LogP contribution >= 0.6 is 11.3 Å². The van der Waals surface area contributed by atoms with Crippen molar-refractivity contribution in [3.05, 3.63) is 52.2 Å². The first-order valence-corrected chi connectivity index (χ1v) is 8.01. The van der Waals surface area contributed by atoms with Crippen LogP contribution in [0.4, 0.5) is 0 Å². The van der Waals surface area contributed by atoms with Crippen molar-refractivity contribution in [2.45, 2.75) is 39.3 Å². The Balaban J connectivity index is 2.02. The summed E-state index contributed by atoms with van der Waals surface area (Å²) in [6.07, 6.45) is 0.537. The Morgan fingerprint density at radius 1 is 1.19 bits per heavy atom. The Labute approximate surface area is 130 Å². The van der Waals surface area contributed by atoms with Crippen LogP contribution in [0.25, 0.3) is 0 Å². The number of ether oxygens (including phenoxy) is 1. The number of nitrogens with one attached hydrogen (secondary N) is 1. The van der Waals surface area contributed by atoms with Crippen molar-refractivity contribution in [2.24, 2.45) is 0 Å². The van der Waals surface area contributed by atoms with Gasteiger partial charge in [0.25, 0.3) is 0 Å². The topological polar surface area (TPSA) is 38.3 Å². The highest BCUT2D eigenvalue weighted by molar-refractivity contribution is 7.10. The van der Waals surface area contributed by atoms with Crippen LogP contribution in [0, 0.1) is 0 Å². The predicted octanol–water partition coefficient (Wildman–Crippen LogP) is 3.96. The second kappa shape index (κ2) is 7.27. The number of benzene rings is 1. The first kappa shape index (κ1) is 15.6. The molecule has 112 valence electrons. The fourth-order valence-corrected chi connectivity index (χ4v) is 2.84. The Morgan fingerprint density at radius 2 is 1.95 bits per heavy atom. The summed E-state index contributed by atoms with van der Waals surface area (Å²) in [5, 5.41) is 5.02. The summed E-state index contributed by atoms with van der Waals surface area (Å²) >= 11 is 1.60. The highest BCUT2D eigenvalue weighted by Gasteiger charge is 2.15. The van der Waals surface area contributed by atoms with Gasteiger partial charge in [0.1, 0.15) is 5.75 Å². The zero-order valence-electron chi connectivity index (χ0n) is 12.6. The second-order valence-electron chi connectivity index (χ2n) is 5.25. The summed E-state index contributed by atoms with van der Waals surface area (Å²) in [5.74, 6) is 0.862. The van der Waals surface area contributed by atoms with Crippen LogP contribution in [0.2, 0.25) is 0 Å². The van der Waals surface area contributed by atoms with Crippen LogP contribution in [-0.2, 0) is 11.2 Å². The highest BCUT2D eigenvalue weighted by atomic mass is 32.1. The average molecular weight is 303 g/mol. The normalized spacial score (nSPS) is 12.2. The molecule has 0 aliphatic carbocycles.